The number of hydrogen-bond acceptors (Lipinski definition) is 8. The van der Waals surface area contributed by atoms with Crippen molar-refractivity contribution < 1.29 is 33.8 Å². The zero-order valence-corrected chi connectivity index (χ0v) is 24.2. The molecule has 0 unspecified atom stereocenters. The first-order chi connectivity index (χ1) is 19.8. The van der Waals surface area contributed by atoms with Gasteiger partial charge in [-0.1, -0.05) is 89.6 Å². The highest BCUT2D eigenvalue weighted by molar-refractivity contribution is 6.17. The van der Waals surface area contributed by atoms with Gasteiger partial charge in [-0.2, -0.15) is 0 Å². The summed E-state index contributed by atoms with van der Waals surface area (Å²) in [5.74, 6) is -3.90. The number of rotatable bonds is 16. The number of carbonyl (C=O) groups excluding carboxylic acids is 3. The summed E-state index contributed by atoms with van der Waals surface area (Å²) in [5.41, 5.74) is -1.66. The van der Waals surface area contributed by atoms with Crippen LogP contribution in [0.1, 0.15) is 119 Å². The van der Waals surface area contributed by atoms with Crippen LogP contribution in [0.25, 0.3) is 22.3 Å². The number of Topliss-reactive ketones (excluding diaryl/α,β-unsaturated/α-hetero) is 2. The van der Waals surface area contributed by atoms with Crippen LogP contribution in [0, 0.1) is 0 Å². The van der Waals surface area contributed by atoms with E-state index in [0.29, 0.717) is 24.8 Å². The van der Waals surface area contributed by atoms with Crippen LogP contribution < -0.4 is 10.2 Å². The molecule has 220 valence electrons. The summed E-state index contributed by atoms with van der Waals surface area (Å²) >= 11 is 0. The highest BCUT2D eigenvalue weighted by atomic mass is 16.5. The Hall–Kier alpha value is -3.94. The maximum atomic E-state index is 13.8. The van der Waals surface area contributed by atoms with Crippen molar-refractivity contribution in [2.45, 2.75) is 97.8 Å². The van der Waals surface area contributed by atoms with Gasteiger partial charge in [0.2, 0.25) is 11.2 Å². The summed E-state index contributed by atoms with van der Waals surface area (Å²) < 4.78 is 11.6. The fraction of sp³-hybridized carbons (Fsp3) is 0.455. The number of fused-ring (bicyclic) bond motifs is 1. The van der Waals surface area contributed by atoms with E-state index in [1.165, 1.54) is 0 Å². The van der Waals surface area contributed by atoms with E-state index in [9.17, 15) is 29.4 Å². The number of carbonyl (C=O) groups is 3. The third kappa shape index (κ3) is 7.43. The lowest BCUT2D eigenvalue weighted by Crippen LogP contribution is -2.17. The van der Waals surface area contributed by atoms with Gasteiger partial charge in [-0.05, 0) is 19.3 Å². The van der Waals surface area contributed by atoms with Gasteiger partial charge in [0.05, 0.1) is 0 Å². The van der Waals surface area contributed by atoms with Crippen molar-refractivity contribution in [2.75, 3.05) is 0 Å². The first kappa shape index (κ1) is 31.6. The topological polar surface area (TPSA) is 131 Å². The van der Waals surface area contributed by atoms with Crippen LogP contribution in [0.2, 0.25) is 0 Å². The third-order valence-corrected chi connectivity index (χ3v) is 7.05. The predicted octanol–water partition coefficient (Wildman–Crippen LogP) is 7.88. The zero-order valence-electron chi connectivity index (χ0n) is 24.2. The average molecular weight is 565 g/mol. The molecular formula is C33H40O8. The molecule has 0 bridgehead atoms. The van der Waals surface area contributed by atoms with Crippen LogP contribution in [0.4, 0.5) is 0 Å². The maximum absolute atomic E-state index is 13.8. The molecule has 3 rings (SSSR count). The molecule has 2 N–H and O–H groups in total. The van der Waals surface area contributed by atoms with Crippen molar-refractivity contribution in [3.8, 4) is 28.6 Å². The Morgan fingerprint density at radius 3 is 1.83 bits per heavy atom. The summed E-state index contributed by atoms with van der Waals surface area (Å²) in [7, 11) is 0. The number of unbranched alkanes of at least 4 members (excludes halogenated alkanes) is 6. The number of phenols is 1. The molecule has 8 nitrogen and oxygen atoms in total. The van der Waals surface area contributed by atoms with Gasteiger partial charge in [0, 0.05) is 24.8 Å². The van der Waals surface area contributed by atoms with Crippen LogP contribution in [-0.2, 0) is 4.79 Å². The third-order valence-electron chi connectivity index (χ3n) is 7.05. The van der Waals surface area contributed by atoms with Crippen LogP contribution in [0.15, 0.2) is 39.5 Å². The summed E-state index contributed by atoms with van der Waals surface area (Å²) in [6.45, 7) is 5.95. The Kier molecular flexibility index (Phi) is 11.7. The van der Waals surface area contributed by atoms with Crippen molar-refractivity contribution in [2.24, 2.45) is 0 Å². The monoisotopic (exact) mass is 564 g/mol. The summed E-state index contributed by atoms with van der Waals surface area (Å²) in [5, 5.41) is 22.1. The van der Waals surface area contributed by atoms with Crippen LogP contribution in [-0.4, -0.2) is 27.7 Å². The lowest BCUT2D eigenvalue weighted by Gasteiger charge is -2.18. The minimum Gasteiger partial charge on any atom is -0.506 e. The molecule has 0 fully saturated rings. The number of aromatic hydroxyl groups is 2. The molecule has 3 aromatic rings. The summed E-state index contributed by atoms with van der Waals surface area (Å²) in [6, 6.07) is 8.36. The Morgan fingerprint density at radius 1 is 0.732 bits per heavy atom. The molecule has 8 heteroatoms. The number of ketones is 2. The summed E-state index contributed by atoms with van der Waals surface area (Å²) in [4.78, 5) is 53.7. The van der Waals surface area contributed by atoms with E-state index >= 15 is 0 Å². The van der Waals surface area contributed by atoms with E-state index in [1.807, 2.05) is 20.8 Å². The number of ether oxygens (including phenoxy) is 1. The van der Waals surface area contributed by atoms with Gasteiger partial charge in [-0.15, -0.1) is 0 Å². The first-order valence-corrected chi connectivity index (χ1v) is 14.7. The SMILES string of the molecule is CCCCCC(=O)Oc1c(C(=O)CCCCC)c(O)c(C(=O)CCCCC)c2oc(-c3ccccc3)c(O)c(=O)c12. The van der Waals surface area contributed by atoms with Crippen molar-refractivity contribution in [3.05, 3.63) is 51.7 Å². The van der Waals surface area contributed by atoms with Crippen molar-refractivity contribution in [1.82, 2.24) is 0 Å². The van der Waals surface area contributed by atoms with Gasteiger partial charge in [-0.3, -0.25) is 19.2 Å². The van der Waals surface area contributed by atoms with Crippen molar-refractivity contribution in [3.63, 3.8) is 0 Å². The second-order valence-electron chi connectivity index (χ2n) is 10.3. The molecule has 0 saturated heterocycles. The Bertz CT molecular complexity index is 1440. The Morgan fingerprint density at radius 2 is 1.27 bits per heavy atom. The average Bonchev–Trinajstić information content (AvgIpc) is 2.95. The molecule has 2 aromatic carbocycles. The fourth-order valence-electron chi connectivity index (χ4n) is 4.78. The van der Waals surface area contributed by atoms with Gasteiger partial charge in [0.25, 0.3) is 0 Å². The molecule has 0 atom stereocenters. The molecule has 0 aliphatic rings. The number of benzene rings is 2. The Labute approximate surface area is 240 Å². The van der Waals surface area contributed by atoms with Crippen LogP contribution in [0.3, 0.4) is 0 Å². The quantitative estimate of drug-likeness (QED) is 0.0777. The minimum atomic E-state index is -0.966. The van der Waals surface area contributed by atoms with Crippen LogP contribution in [0.5, 0.6) is 17.2 Å². The van der Waals surface area contributed by atoms with Crippen molar-refractivity contribution in [1.29, 1.82) is 0 Å². The molecule has 1 aromatic heterocycles. The van der Waals surface area contributed by atoms with Gasteiger partial charge in [0.15, 0.2) is 28.7 Å². The highest BCUT2D eigenvalue weighted by Gasteiger charge is 2.33. The second kappa shape index (κ2) is 15.2. The van der Waals surface area contributed by atoms with Crippen LogP contribution >= 0.6 is 0 Å². The molecule has 1 heterocycles. The molecule has 0 amide bonds. The summed E-state index contributed by atoms with van der Waals surface area (Å²) in [6.07, 6.45) is 6.50. The molecule has 0 spiro atoms. The lowest BCUT2D eigenvalue weighted by molar-refractivity contribution is -0.134. The second-order valence-corrected chi connectivity index (χ2v) is 10.3. The zero-order chi connectivity index (χ0) is 29.9. The minimum absolute atomic E-state index is 0.0101. The number of phenolic OH excluding ortho intramolecular Hbond substituents is 1. The van der Waals surface area contributed by atoms with Crippen molar-refractivity contribution >= 4 is 28.5 Å². The van der Waals surface area contributed by atoms with Gasteiger partial charge in [0.1, 0.15) is 22.3 Å². The molecular weight excluding hydrogens is 524 g/mol. The lowest BCUT2D eigenvalue weighted by atomic mass is 9.93. The van der Waals surface area contributed by atoms with E-state index in [2.05, 4.69) is 0 Å². The smallest absolute Gasteiger partial charge is 0.311 e. The normalized spacial score (nSPS) is 11.1. The standard InChI is InChI=1S/C33H40O8/c1-4-7-11-18-22(34)25-28(37)26(23(35)19-12-8-5-2)33-27(32(25)40-24(36)20-13-9-6-3)29(38)30(39)31(41-33)21-16-14-10-15-17-21/h10,14-17,37,39H,4-9,11-13,18-20H2,1-3H3. The van der Waals surface area contributed by atoms with E-state index < -0.39 is 51.2 Å². The van der Waals surface area contributed by atoms with Gasteiger partial charge < -0.3 is 19.4 Å². The van der Waals surface area contributed by atoms with Gasteiger partial charge >= 0.3 is 5.97 Å². The molecule has 0 aliphatic heterocycles. The van der Waals surface area contributed by atoms with E-state index in [0.717, 1.165) is 38.5 Å². The van der Waals surface area contributed by atoms with E-state index in [1.54, 1.807) is 30.3 Å². The molecule has 0 aliphatic carbocycles. The highest BCUT2D eigenvalue weighted by Crippen LogP contribution is 2.44. The maximum Gasteiger partial charge on any atom is 0.311 e. The largest absolute Gasteiger partial charge is 0.506 e. The molecule has 0 radical (unpaired) electrons. The fourth-order valence-corrected chi connectivity index (χ4v) is 4.78. The predicted molar refractivity (Wildman–Crippen MR) is 158 cm³/mol. The van der Waals surface area contributed by atoms with E-state index in [4.69, 9.17) is 9.15 Å². The Balaban J connectivity index is 2.38. The molecule has 41 heavy (non-hydrogen) atoms. The number of hydrogen-bond donors (Lipinski definition) is 2. The van der Waals surface area contributed by atoms with E-state index in [-0.39, 0.29) is 36.2 Å². The number of esters is 1. The molecule has 0 saturated carbocycles. The van der Waals surface area contributed by atoms with Gasteiger partial charge in [-0.25, -0.2) is 0 Å². The first-order valence-electron chi connectivity index (χ1n) is 14.7.